The van der Waals surface area contributed by atoms with Crippen LogP contribution in [-0.2, 0) is 4.79 Å². The predicted octanol–water partition coefficient (Wildman–Crippen LogP) is 1.26. The Morgan fingerprint density at radius 3 is 2.18 bits per heavy atom. The summed E-state index contributed by atoms with van der Waals surface area (Å²) in [5.74, 6) is 0.567. The van der Waals surface area contributed by atoms with Crippen molar-refractivity contribution in [1.29, 1.82) is 0 Å². The normalized spacial score (nSPS) is 9.95. The smallest absolute Gasteiger partial charge is 0.313 e. The Labute approximate surface area is 132 Å². The third-order valence-corrected chi connectivity index (χ3v) is 3.63. The molecule has 122 valence electrons. The van der Waals surface area contributed by atoms with Crippen LogP contribution in [0.1, 0.15) is 10.4 Å². The number of hydrogen-bond acceptors (Lipinski definition) is 6. The maximum absolute atomic E-state index is 12.1. The van der Waals surface area contributed by atoms with Crippen molar-refractivity contribution in [3.63, 3.8) is 0 Å². The molecule has 0 unspecified atom stereocenters. The highest BCUT2D eigenvalue weighted by atomic mass is 32.2. The average molecular weight is 329 g/mol. The molecule has 0 saturated carbocycles. The van der Waals surface area contributed by atoms with E-state index in [-0.39, 0.29) is 11.7 Å². The molecular formula is C14H19NO6S. The summed E-state index contributed by atoms with van der Waals surface area (Å²) in [5, 5.41) is 11.2. The van der Waals surface area contributed by atoms with Crippen molar-refractivity contribution < 1.29 is 28.9 Å². The summed E-state index contributed by atoms with van der Waals surface area (Å²) in [5.41, 5.74) is 0.373. The van der Waals surface area contributed by atoms with Gasteiger partial charge in [-0.25, -0.2) is 0 Å². The first kappa shape index (κ1) is 18.0. The molecular weight excluding hydrogens is 310 g/mol. The lowest BCUT2D eigenvalue weighted by molar-refractivity contribution is -0.133. The van der Waals surface area contributed by atoms with Crippen molar-refractivity contribution in [2.45, 2.75) is 0 Å². The molecule has 8 heteroatoms. The Hall–Kier alpha value is -2.09. The highest BCUT2D eigenvalue weighted by Gasteiger charge is 2.16. The fourth-order valence-electron chi connectivity index (χ4n) is 1.71. The van der Waals surface area contributed by atoms with E-state index >= 15 is 0 Å². The maximum atomic E-state index is 12.1. The van der Waals surface area contributed by atoms with Gasteiger partial charge in [0, 0.05) is 17.9 Å². The van der Waals surface area contributed by atoms with Gasteiger partial charge in [-0.1, -0.05) is 0 Å². The number of ether oxygens (including phenoxy) is 3. The van der Waals surface area contributed by atoms with Gasteiger partial charge in [0.2, 0.25) is 5.75 Å². The summed E-state index contributed by atoms with van der Waals surface area (Å²) < 4.78 is 15.6. The molecule has 1 aromatic carbocycles. The van der Waals surface area contributed by atoms with Crippen molar-refractivity contribution >= 4 is 23.6 Å². The quantitative estimate of drug-likeness (QED) is 0.659. The molecule has 0 aliphatic rings. The topological polar surface area (TPSA) is 94.1 Å². The molecule has 0 bridgehead atoms. The van der Waals surface area contributed by atoms with E-state index in [1.165, 1.54) is 33.1 Å². The Morgan fingerprint density at radius 1 is 1.14 bits per heavy atom. The second kappa shape index (κ2) is 9.04. The van der Waals surface area contributed by atoms with Crippen LogP contribution in [0.2, 0.25) is 0 Å². The number of rotatable bonds is 9. The van der Waals surface area contributed by atoms with Crippen LogP contribution in [0.25, 0.3) is 0 Å². The Bertz CT molecular complexity index is 509. The van der Waals surface area contributed by atoms with E-state index in [9.17, 15) is 9.59 Å². The molecule has 0 aliphatic carbocycles. The van der Waals surface area contributed by atoms with E-state index in [0.29, 0.717) is 35.1 Å². The molecule has 0 aromatic heterocycles. The lowest BCUT2D eigenvalue weighted by Gasteiger charge is -2.14. The van der Waals surface area contributed by atoms with E-state index in [2.05, 4.69) is 5.32 Å². The van der Waals surface area contributed by atoms with Crippen LogP contribution in [0.5, 0.6) is 17.2 Å². The van der Waals surface area contributed by atoms with Crippen LogP contribution >= 0.6 is 11.8 Å². The predicted molar refractivity (Wildman–Crippen MR) is 83.4 cm³/mol. The number of carboxylic acids is 1. The van der Waals surface area contributed by atoms with Crippen molar-refractivity contribution in [1.82, 2.24) is 5.32 Å². The number of amides is 1. The number of carbonyl (C=O) groups excluding carboxylic acids is 1. The average Bonchev–Trinajstić information content (AvgIpc) is 2.52. The minimum atomic E-state index is -0.874. The van der Waals surface area contributed by atoms with Crippen LogP contribution in [-0.4, -0.2) is 56.4 Å². The highest BCUT2D eigenvalue weighted by molar-refractivity contribution is 7.99. The van der Waals surface area contributed by atoms with Gasteiger partial charge in [-0.2, -0.15) is 0 Å². The highest BCUT2D eigenvalue weighted by Crippen LogP contribution is 2.38. The number of methoxy groups -OCH3 is 3. The molecule has 1 amide bonds. The standard InChI is InChI=1S/C14H19NO6S/c1-19-10-6-9(7-11(20-2)13(10)21-3)14(18)15-4-5-22-8-12(16)17/h6-7H,4-5,8H2,1-3H3,(H,15,18)(H,16,17). The number of carboxylic acid groups (broad SMARTS) is 1. The summed E-state index contributed by atoms with van der Waals surface area (Å²) in [4.78, 5) is 22.5. The van der Waals surface area contributed by atoms with Gasteiger partial charge in [-0.05, 0) is 12.1 Å². The largest absolute Gasteiger partial charge is 0.493 e. The van der Waals surface area contributed by atoms with Gasteiger partial charge >= 0.3 is 5.97 Å². The lowest BCUT2D eigenvalue weighted by atomic mass is 10.1. The molecule has 0 saturated heterocycles. The number of aliphatic carboxylic acids is 1. The van der Waals surface area contributed by atoms with Crippen molar-refractivity contribution in [3.8, 4) is 17.2 Å². The lowest BCUT2D eigenvalue weighted by Crippen LogP contribution is -2.26. The molecule has 1 rings (SSSR count). The molecule has 0 fully saturated rings. The zero-order chi connectivity index (χ0) is 16.5. The number of benzene rings is 1. The van der Waals surface area contributed by atoms with E-state index in [1.807, 2.05) is 0 Å². The first-order valence-corrected chi connectivity index (χ1v) is 7.56. The van der Waals surface area contributed by atoms with Gasteiger partial charge in [-0.3, -0.25) is 9.59 Å². The fraction of sp³-hybridized carbons (Fsp3) is 0.429. The summed E-state index contributed by atoms with van der Waals surface area (Å²) in [7, 11) is 4.43. The molecule has 22 heavy (non-hydrogen) atoms. The Balaban J connectivity index is 2.71. The first-order chi connectivity index (χ1) is 10.5. The van der Waals surface area contributed by atoms with Crippen molar-refractivity contribution in [2.24, 2.45) is 0 Å². The van der Waals surface area contributed by atoms with E-state index in [4.69, 9.17) is 19.3 Å². The minimum absolute atomic E-state index is 0.0139. The monoisotopic (exact) mass is 329 g/mol. The zero-order valence-electron chi connectivity index (χ0n) is 12.7. The third kappa shape index (κ3) is 5.03. The number of thioether (sulfide) groups is 1. The van der Waals surface area contributed by atoms with Crippen molar-refractivity contribution in [2.75, 3.05) is 39.4 Å². The summed E-state index contributed by atoms with van der Waals surface area (Å²) in [6.45, 7) is 0.368. The number of hydrogen-bond donors (Lipinski definition) is 2. The molecule has 1 aromatic rings. The minimum Gasteiger partial charge on any atom is -0.493 e. The van der Waals surface area contributed by atoms with Crippen molar-refractivity contribution in [3.05, 3.63) is 17.7 Å². The number of nitrogens with one attached hydrogen (secondary N) is 1. The summed E-state index contributed by atoms with van der Waals surface area (Å²) in [6.07, 6.45) is 0. The molecule has 0 heterocycles. The van der Waals surface area contributed by atoms with E-state index in [0.717, 1.165) is 0 Å². The molecule has 7 nitrogen and oxygen atoms in total. The van der Waals surface area contributed by atoms with Crippen LogP contribution in [0.4, 0.5) is 0 Å². The molecule has 2 N–H and O–H groups in total. The van der Waals surface area contributed by atoms with Gasteiger partial charge in [0.15, 0.2) is 11.5 Å². The van der Waals surface area contributed by atoms with Gasteiger partial charge in [0.05, 0.1) is 27.1 Å². The first-order valence-electron chi connectivity index (χ1n) is 6.41. The summed E-state index contributed by atoms with van der Waals surface area (Å²) in [6, 6.07) is 3.11. The van der Waals surface area contributed by atoms with E-state index < -0.39 is 5.97 Å². The van der Waals surface area contributed by atoms with Gasteiger partial charge in [0.1, 0.15) is 0 Å². The Morgan fingerprint density at radius 2 is 1.73 bits per heavy atom. The second-order valence-corrected chi connectivity index (χ2v) is 5.22. The molecule has 0 radical (unpaired) electrons. The van der Waals surface area contributed by atoms with Gasteiger partial charge in [0.25, 0.3) is 5.91 Å². The molecule has 0 aliphatic heterocycles. The fourth-order valence-corrected chi connectivity index (χ4v) is 2.28. The number of carbonyl (C=O) groups is 2. The third-order valence-electron chi connectivity index (χ3n) is 2.68. The Kier molecular flexibility index (Phi) is 7.38. The van der Waals surface area contributed by atoms with Crippen LogP contribution in [0.15, 0.2) is 12.1 Å². The van der Waals surface area contributed by atoms with Gasteiger partial charge in [-0.15, -0.1) is 11.8 Å². The molecule has 0 spiro atoms. The van der Waals surface area contributed by atoms with E-state index in [1.54, 1.807) is 12.1 Å². The maximum Gasteiger partial charge on any atom is 0.313 e. The summed E-state index contributed by atoms with van der Waals surface area (Å²) >= 11 is 1.24. The van der Waals surface area contributed by atoms with Crippen LogP contribution < -0.4 is 19.5 Å². The second-order valence-electron chi connectivity index (χ2n) is 4.12. The molecule has 0 atom stereocenters. The van der Waals surface area contributed by atoms with Gasteiger partial charge < -0.3 is 24.6 Å². The van der Waals surface area contributed by atoms with Crippen LogP contribution in [0.3, 0.4) is 0 Å². The SMILES string of the molecule is COc1cc(C(=O)NCCSCC(=O)O)cc(OC)c1OC. The van der Waals surface area contributed by atoms with Crippen LogP contribution in [0, 0.1) is 0 Å². The zero-order valence-corrected chi connectivity index (χ0v) is 13.5.